The van der Waals surface area contributed by atoms with Crippen LogP contribution < -0.4 is 15.8 Å². The van der Waals surface area contributed by atoms with Crippen molar-refractivity contribution in [2.45, 2.75) is 25.4 Å². The van der Waals surface area contributed by atoms with Crippen LogP contribution in [0, 0.1) is 0 Å². The van der Waals surface area contributed by atoms with Gasteiger partial charge in [0.05, 0.1) is 25.9 Å². The minimum Gasteiger partial charge on any atom is -0.496 e. The molecule has 13 heteroatoms. The number of nitrogens with one attached hydrogen (secondary N) is 1. The molecule has 0 aliphatic carbocycles. The van der Waals surface area contributed by atoms with E-state index in [-0.39, 0.29) is 17.7 Å². The second-order valence-electron chi connectivity index (χ2n) is 7.10. The Balaban J connectivity index is 1.52. The number of methoxy groups -OCH3 is 1. The van der Waals surface area contributed by atoms with E-state index < -0.39 is 18.3 Å². The third kappa shape index (κ3) is 4.36. The summed E-state index contributed by atoms with van der Waals surface area (Å²) in [6, 6.07) is 2.80. The molecule has 1 saturated heterocycles. The summed E-state index contributed by atoms with van der Waals surface area (Å²) in [6.45, 7) is 0.973. The number of rotatable bonds is 7. The molecule has 4 N–H and O–H groups in total. The zero-order valence-corrected chi connectivity index (χ0v) is 16.9. The first-order valence-corrected chi connectivity index (χ1v) is 9.60. The first-order chi connectivity index (χ1) is 15.3. The van der Waals surface area contributed by atoms with E-state index in [1.807, 2.05) is 0 Å². The van der Waals surface area contributed by atoms with E-state index in [1.54, 1.807) is 29.3 Å². The van der Waals surface area contributed by atoms with Crippen LogP contribution in [-0.4, -0.2) is 60.5 Å². The van der Waals surface area contributed by atoms with Crippen LogP contribution in [0.2, 0.25) is 0 Å². The number of ether oxygens (including phenoxy) is 1. The summed E-state index contributed by atoms with van der Waals surface area (Å²) >= 11 is 0. The maximum Gasteiger partial charge on any atom is 0.407 e. The largest absolute Gasteiger partial charge is 0.496 e. The lowest BCUT2D eigenvalue weighted by Gasteiger charge is -2.38. The molecule has 0 aromatic carbocycles. The zero-order valence-electron chi connectivity index (χ0n) is 16.9. The quantitative estimate of drug-likeness (QED) is 0.499. The Morgan fingerprint density at radius 1 is 1.34 bits per heavy atom. The van der Waals surface area contributed by atoms with Crippen molar-refractivity contribution in [1.29, 1.82) is 0 Å². The maximum absolute atomic E-state index is 12.9. The normalized spacial score (nSPS) is 15.5. The van der Waals surface area contributed by atoms with Gasteiger partial charge in [0.25, 0.3) is 6.43 Å². The number of nitrogen functional groups attached to an aromatic ring is 1. The van der Waals surface area contributed by atoms with Crippen LogP contribution >= 0.6 is 0 Å². The number of nitrogens with two attached hydrogens (primary N) is 1. The van der Waals surface area contributed by atoms with Crippen LogP contribution in [0.25, 0.3) is 11.1 Å². The molecule has 0 saturated carbocycles. The number of amides is 1. The first kappa shape index (κ1) is 21.2. The van der Waals surface area contributed by atoms with Crippen molar-refractivity contribution in [3.8, 4) is 16.9 Å². The Labute approximate surface area is 180 Å². The number of aromatic nitrogens is 5. The summed E-state index contributed by atoms with van der Waals surface area (Å²) in [4.78, 5) is 24.0. The van der Waals surface area contributed by atoms with Gasteiger partial charge in [0.2, 0.25) is 0 Å². The standard InChI is InChI=1S/C19H20F2N8O3/c1-32-13-4-15(26-16-5-14(22)25-18(27-16)17(20)21)23-7-12(13)10-6-24-28(8-10)9-11-2-3-29(11)19(30)31/h4-8,11,17H,2-3,9H2,1H3,(H,30,31)(H3,22,23,25,26,27)/t11-/m1/s1. The van der Waals surface area contributed by atoms with E-state index in [2.05, 4.69) is 25.4 Å². The third-order valence-electron chi connectivity index (χ3n) is 5.03. The van der Waals surface area contributed by atoms with Crippen LogP contribution in [0.3, 0.4) is 0 Å². The van der Waals surface area contributed by atoms with Gasteiger partial charge in [0, 0.05) is 42.2 Å². The van der Waals surface area contributed by atoms with Crippen molar-refractivity contribution < 1.29 is 23.4 Å². The molecule has 3 aromatic rings. The first-order valence-electron chi connectivity index (χ1n) is 9.60. The van der Waals surface area contributed by atoms with Gasteiger partial charge in [-0.15, -0.1) is 0 Å². The number of hydrogen-bond donors (Lipinski definition) is 3. The Kier molecular flexibility index (Phi) is 5.71. The molecule has 32 heavy (non-hydrogen) atoms. The van der Waals surface area contributed by atoms with Crippen LogP contribution in [0.15, 0.2) is 30.7 Å². The molecule has 0 bridgehead atoms. The van der Waals surface area contributed by atoms with Crippen molar-refractivity contribution in [3.63, 3.8) is 0 Å². The van der Waals surface area contributed by atoms with Crippen molar-refractivity contribution >= 4 is 23.5 Å². The van der Waals surface area contributed by atoms with Gasteiger partial charge in [-0.1, -0.05) is 0 Å². The highest BCUT2D eigenvalue weighted by molar-refractivity contribution is 5.71. The SMILES string of the molecule is COc1cc(Nc2cc(N)nc(C(F)F)n2)ncc1-c1cnn(C[C@H]2CCN2C(=O)O)c1. The van der Waals surface area contributed by atoms with Crippen LogP contribution in [0.5, 0.6) is 5.75 Å². The second-order valence-corrected chi connectivity index (χ2v) is 7.10. The number of pyridine rings is 1. The minimum absolute atomic E-state index is 0.0754. The molecule has 11 nitrogen and oxygen atoms in total. The summed E-state index contributed by atoms with van der Waals surface area (Å²) in [6.07, 6.45) is 1.96. The summed E-state index contributed by atoms with van der Waals surface area (Å²) in [5.74, 6) is 0.0707. The minimum atomic E-state index is -2.86. The van der Waals surface area contributed by atoms with Crippen LogP contribution in [-0.2, 0) is 6.54 Å². The topological polar surface area (TPSA) is 144 Å². The second kappa shape index (κ2) is 8.61. The van der Waals surface area contributed by atoms with E-state index in [1.165, 1.54) is 18.1 Å². The fourth-order valence-electron chi connectivity index (χ4n) is 3.37. The molecule has 0 radical (unpaired) electrons. The number of alkyl halides is 2. The molecule has 0 spiro atoms. The lowest BCUT2D eigenvalue weighted by molar-refractivity contribution is 0.0658. The molecular weight excluding hydrogens is 426 g/mol. The monoisotopic (exact) mass is 446 g/mol. The van der Waals surface area contributed by atoms with E-state index in [9.17, 15) is 13.6 Å². The molecule has 1 aliphatic heterocycles. The average Bonchev–Trinajstić information content (AvgIpc) is 3.18. The molecule has 3 aromatic heterocycles. The van der Waals surface area contributed by atoms with Crippen molar-refractivity contribution in [3.05, 3.63) is 36.5 Å². The molecule has 1 atom stereocenters. The molecule has 1 aliphatic rings. The Bertz CT molecular complexity index is 1140. The number of anilines is 3. The lowest BCUT2D eigenvalue weighted by Crippen LogP contribution is -2.52. The van der Waals surface area contributed by atoms with Gasteiger partial charge in [-0.3, -0.25) is 4.68 Å². The van der Waals surface area contributed by atoms with Gasteiger partial charge in [0.1, 0.15) is 23.2 Å². The molecule has 4 heterocycles. The number of halogens is 2. The van der Waals surface area contributed by atoms with Crippen LogP contribution in [0.1, 0.15) is 18.7 Å². The highest BCUT2D eigenvalue weighted by atomic mass is 19.3. The smallest absolute Gasteiger partial charge is 0.407 e. The predicted molar refractivity (Wildman–Crippen MR) is 110 cm³/mol. The van der Waals surface area contributed by atoms with Gasteiger partial charge in [-0.2, -0.15) is 5.10 Å². The highest BCUT2D eigenvalue weighted by Gasteiger charge is 2.32. The summed E-state index contributed by atoms with van der Waals surface area (Å²) < 4.78 is 33.0. The van der Waals surface area contributed by atoms with Gasteiger partial charge in [-0.25, -0.2) is 28.5 Å². The number of hydrogen-bond acceptors (Lipinski definition) is 8. The predicted octanol–water partition coefficient (Wildman–Crippen LogP) is 2.76. The Morgan fingerprint density at radius 2 is 2.16 bits per heavy atom. The van der Waals surface area contributed by atoms with Gasteiger partial charge >= 0.3 is 6.09 Å². The van der Waals surface area contributed by atoms with E-state index in [0.29, 0.717) is 30.2 Å². The molecule has 168 valence electrons. The Hall–Kier alpha value is -4.03. The third-order valence-corrected chi connectivity index (χ3v) is 5.03. The van der Waals surface area contributed by atoms with Gasteiger partial charge < -0.3 is 25.8 Å². The van der Waals surface area contributed by atoms with Crippen molar-refractivity contribution in [2.24, 2.45) is 0 Å². The van der Waals surface area contributed by atoms with Gasteiger partial charge in [-0.05, 0) is 6.42 Å². The molecule has 4 rings (SSSR count). The zero-order chi connectivity index (χ0) is 22.8. The van der Waals surface area contributed by atoms with Gasteiger partial charge in [0.15, 0.2) is 5.82 Å². The van der Waals surface area contributed by atoms with E-state index in [4.69, 9.17) is 15.6 Å². The average molecular weight is 446 g/mol. The lowest BCUT2D eigenvalue weighted by atomic mass is 10.0. The molecular formula is C19H20F2N8O3. The summed E-state index contributed by atoms with van der Waals surface area (Å²) in [7, 11) is 1.49. The molecule has 1 amide bonds. The van der Waals surface area contributed by atoms with Crippen LogP contribution in [0.4, 0.5) is 31.0 Å². The molecule has 1 fully saturated rings. The number of carbonyl (C=O) groups is 1. The summed E-state index contributed by atoms with van der Waals surface area (Å²) in [5, 5.41) is 16.3. The highest BCUT2D eigenvalue weighted by Crippen LogP contribution is 2.32. The fourth-order valence-corrected chi connectivity index (χ4v) is 3.37. The summed E-state index contributed by atoms with van der Waals surface area (Å²) in [5.41, 5.74) is 6.95. The number of likely N-dealkylation sites (tertiary alicyclic amines) is 1. The maximum atomic E-state index is 12.9. The van der Waals surface area contributed by atoms with Crippen molar-refractivity contribution in [2.75, 3.05) is 24.7 Å². The fraction of sp³-hybridized carbons (Fsp3) is 0.316. The molecule has 0 unspecified atom stereocenters. The van der Waals surface area contributed by atoms with E-state index in [0.717, 1.165) is 12.0 Å². The van der Waals surface area contributed by atoms with Crippen molar-refractivity contribution in [1.82, 2.24) is 29.6 Å². The number of carboxylic acid groups (broad SMARTS) is 1. The number of nitrogens with zero attached hydrogens (tertiary/aromatic N) is 6. The van der Waals surface area contributed by atoms with E-state index >= 15 is 0 Å². The Morgan fingerprint density at radius 3 is 2.81 bits per heavy atom.